The number of amides is 1. The van der Waals surface area contributed by atoms with E-state index in [9.17, 15) is 14.7 Å². The van der Waals surface area contributed by atoms with Crippen molar-refractivity contribution in [2.45, 2.75) is 57.6 Å². The van der Waals surface area contributed by atoms with Crippen LogP contribution in [-0.2, 0) is 14.3 Å². The number of rotatable bonds is 4. The van der Waals surface area contributed by atoms with Gasteiger partial charge in [0.1, 0.15) is 0 Å². The highest BCUT2D eigenvalue weighted by Gasteiger charge is 2.50. The van der Waals surface area contributed by atoms with Crippen LogP contribution in [0.25, 0.3) is 0 Å². The molecular formula is C16H25NO4. The third-order valence-corrected chi connectivity index (χ3v) is 5.70. The Hall–Kier alpha value is -1.10. The Morgan fingerprint density at radius 3 is 2.24 bits per heavy atom. The highest BCUT2D eigenvalue weighted by molar-refractivity contribution is 5.85. The first-order valence-corrected chi connectivity index (χ1v) is 8.22. The van der Waals surface area contributed by atoms with Crippen molar-refractivity contribution >= 4 is 11.9 Å². The molecule has 2 N–H and O–H groups in total. The number of fused-ring (bicyclic) bond motifs is 3. The molecule has 4 atom stereocenters. The smallest absolute Gasteiger partial charge is 0.307 e. The van der Waals surface area contributed by atoms with Crippen molar-refractivity contribution in [3.63, 3.8) is 0 Å². The van der Waals surface area contributed by atoms with Crippen molar-refractivity contribution in [1.29, 1.82) is 0 Å². The fourth-order valence-electron chi connectivity index (χ4n) is 4.59. The number of hydrogen-bond donors (Lipinski definition) is 2. The lowest BCUT2D eigenvalue weighted by Gasteiger charge is -2.46. The van der Waals surface area contributed by atoms with E-state index in [0.29, 0.717) is 0 Å². The van der Waals surface area contributed by atoms with E-state index in [2.05, 4.69) is 5.32 Å². The largest absolute Gasteiger partial charge is 0.481 e. The van der Waals surface area contributed by atoms with Gasteiger partial charge in [-0.05, 0) is 57.3 Å². The van der Waals surface area contributed by atoms with Crippen LogP contribution in [0.5, 0.6) is 0 Å². The van der Waals surface area contributed by atoms with Gasteiger partial charge in [0, 0.05) is 6.61 Å². The summed E-state index contributed by atoms with van der Waals surface area (Å²) in [4.78, 5) is 24.2. The van der Waals surface area contributed by atoms with Gasteiger partial charge in [-0.3, -0.25) is 9.59 Å². The molecule has 2 bridgehead atoms. The molecule has 0 unspecified atom stereocenters. The molecule has 1 heterocycles. The molecule has 5 heteroatoms. The summed E-state index contributed by atoms with van der Waals surface area (Å²) in [5.41, 5.74) is 0. The Balaban J connectivity index is 1.68. The van der Waals surface area contributed by atoms with Gasteiger partial charge in [-0.1, -0.05) is 0 Å². The Bertz CT molecular complexity index is 411. The number of nitrogens with one attached hydrogen (secondary N) is 1. The minimum atomic E-state index is -0.797. The zero-order valence-electron chi connectivity index (χ0n) is 12.6. The molecule has 1 aliphatic heterocycles. The Morgan fingerprint density at radius 2 is 1.71 bits per heavy atom. The van der Waals surface area contributed by atoms with Crippen LogP contribution >= 0.6 is 0 Å². The molecule has 1 saturated heterocycles. The monoisotopic (exact) mass is 295 g/mol. The quantitative estimate of drug-likeness (QED) is 0.829. The van der Waals surface area contributed by atoms with Gasteiger partial charge in [-0.2, -0.15) is 0 Å². The van der Waals surface area contributed by atoms with Crippen LogP contribution in [0, 0.1) is 23.7 Å². The number of carboxylic acid groups (broad SMARTS) is 1. The lowest BCUT2D eigenvalue weighted by molar-refractivity contribution is -0.158. The second-order valence-corrected chi connectivity index (χ2v) is 6.91. The second-order valence-electron chi connectivity index (χ2n) is 6.91. The van der Waals surface area contributed by atoms with E-state index >= 15 is 0 Å². The molecule has 4 rings (SSSR count). The molecule has 118 valence electrons. The van der Waals surface area contributed by atoms with Crippen molar-refractivity contribution < 1.29 is 19.4 Å². The molecule has 0 radical (unpaired) electrons. The van der Waals surface area contributed by atoms with E-state index in [-0.39, 0.29) is 35.8 Å². The summed E-state index contributed by atoms with van der Waals surface area (Å²) in [5, 5.41) is 12.6. The number of carbonyl (C=O) groups excluding carboxylic acids is 1. The van der Waals surface area contributed by atoms with E-state index in [1.807, 2.05) is 6.92 Å². The summed E-state index contributed by atoms with van der Waals surface area (Å²) in [6.45, 7) is 2.72. The topological polar surface area (TPSA) is 75.6 Å². The molecule has 0 aromatic rings. The first-order valence-electron chi connectivity index (χ1n) is 8.22. The fraction of sp³-hybridized carbons (Fsp3) is 0.875. The van der Waals surface area contributed by atoms with Crippen LogP contribution in [-0.4, -0.2) is 35.7 Å². The van der Waals surface area contributed by atoms with Crippen molar-refractivity contribution in [1.82, 2.24) is 5.32 Å². The van der Waals surface area contributed by atoms with Gasteiger partial charge in [0.2, 0.25) is 5.91 Å². The molecule has 3 aliphatic carbocycles. The predicted octanol–water partition coefficient (Wildman–Crippen LogP) is 1.81. The van der Waals surface area contributed by atoms with Gasteiger partial charge in [0.15, 0.2) is 0 Å². The van der Waals surface area contributed by atoms with Crippen molar-refractivity contribution in [2.24, 2.45) is 23.7 Å². The van der Waals surface area contributed by atoms with Crippen molar-refractivity contribution in [3.8, 4) is 0 Å². The van der Waals surface area contributed by atoms with Gasteiger partial charge in [0.05, 0.1) is 24.0 Å². The lowest BCUT2D eigenvalue weighted by Crippen LogP contribution is -2.53. The Labute approximate surface area is 125 Å². The highest BCUT2D eigenvalue weighted by Crippen LogP contribution is 2.49. The number of carboxylic acids is 1. The fourth-order valence-corrected chi connectivity index (χ4v) is 4.59. The molecule has 3 saturated carbocycles. The molecule has 0 spiro atoms. The summed E-state index contributed by atoms with van der Waals surface area (Å²) in [5.74, 6) is -1.28. The minimum Gasteiger partial charge on any atom is -0.481 e. The lowest BCUT2D eigenvalue weighted by atomic mass is 9.58. The average molecular weight is 295 g/mol. The summed E-state index contributed by atoms with van der Waals surface area (Å²) >= 11 is 0. The van der Waals surface area contributed by atoms with Crippen molar-refractivity contribution in [2.75, 3.05) is 6.61 Å². The van der Waals surface area contributed by atoms with E-state index in [4.69, 9.17) is 4.74 Å². The van der Waals surface area contributed by atoms with E-state index < -0.39 is 11.9 Å². The van der Waals surface area contributed by atoms with Crippen molar-refractivity contribution in [3.05, 3.63) is 0 Å². The maximum atomic E-state index is 12.6. The Morgan fingerprint density at radius 1 is 1.10 bits per heavy atom. The normalized spacial score (nSPS) is 40.0. The van der Waals surface area contributed by atoms with Gasteiger partial charge in [0.25, 0.3) is 0 Å². The molecule has 5 nitrogen and oxygen atoms in total. The molecule has 0 aromatic heterocycles. The van der Waals surface area contributed by atoms with Crippen LogP contribution in [0.15, 0.2) is 0 Å². The summed E-state index contributed by atoms with van der Waals surface area (Å²) in [7, 11) is 0. The highest BCUT2D eigenvalue weighted by atomic mass is 16.5. The Kier molecular flexibility index (Phi) is 4.20. The van der Waals surface area contributed by atoms with E-state index in [1.54, 1.807) is 0 Å². The van der Waals surface area contributed by atoms with Crippen LogP contribution < -0.4 is 5.32 Å². The molecule has 4 aliphatic rings. The minimum absolute atomic E-state index is 0.0325. The van der Waals surface area contributed by atoms with Crippen LogP contribution in [0.4, 0.5) is 0 Å². The van der Waals surface area contributed by atoms with Crippen LogP contribution in [0.1, 0.15) is 45.4 Å². The van der Waals surface area contributed by atoms with E-state index in [1.165, 1.54) is 0 Å². The number of aliphatic carboxylic acids is 1. The number of hydrogen-bond acceptors (Lipinski definition) is 3. The standard InChI is InChI=1S/C16H25NO4/c1-9(12-3-2-8-21-12)17-15(18)13-10-4-6-11(7-5-10)14(13)16(19)20/h9-14H,2-8H2,1H3,(H,17,18)(H,19,20)/t9-,10?,11?,12-,13-,14-/m0/s1. The van der Waals surface area contributed by atoms with Gasteiger partial charge >= 0.3 is 5.97 Å². The first kappa shape index (κ1) is 14.8. The zero-order valence-corrected chi connectivity index (χ0v) is 12.6. The third kappa shape index (κ3) is 2.80. The van der Waals surface area contributed by atoms with Crippen LogP contribution in [0.2, 0.25) is 0 Å². The maximum absolute atomic E-state index is 12.6. The molecule has 21 heavy (non-hydrogen) atoms. The zero-order chi connectivity index (χ0) is 15.0. The number of carbonyl (C=O) groups is 2. The second kappa shape index (κ2) is 5.95. The SMILES string of the molecule is C[C@H](NC(=O)[C@H]1C2CCC(CC2)[C@@H]1C(=O)O)[C@@H]1CCCO1. The molecular weight excluding hydrogens is 270 g/mol. The first-order chi connectivity index (χ1) is 10.1. The predicted molar refractivity (Wildman–Crippen MR) is 76.6 cm³/mol. The van der Waals surface area contributed by atoms with Gasteiger partial charge < -0.3 is 15.2 Å². The molecule has 0 aromatic carbocycles. The molecule has 1 amide bonds. The molecule has 4 fully saturated rings. The van der Waals surface area contributed by atoms with Gasteiger partial charge in [-0.15, -0.1) is 0 Å². The number of ether oxygens (including phenoxy) is 1. The van der Waals surface area contributed by atoms with E-state index in [0.717, 1.165) is 45.1 Å². The summed E-state index contributed by atoms with van der Waals surface area (Å²) in [6, 6.07) is -0.0325. The van der Waals surface area contributed by atoms with Crippen LogP contribution in [0.3, 0.4) is 0 Å². The average Bonchev–Trinajstić information content (AvgIpc) is 3.01. The summed E-state index contributed by atoms with van der Waals surface area (Å²) in [6.07, 6.45) is 6.02. The third-order valence-electron chi connectivity index (χ3n) is 5.70. The van der Waals surface area contributed by atoms with Gasteiger partial charge in [-0.25, -0.2) is 0 Å². The maximum Gasteiger partial charge on any atom is 0.307 e. The summed E-state index contributed by atoms with van der Waals surface area (Å²) < 4.78 is 5.61.